The van der Waals surface area contributed by atoms with Crippen LogP contribution in [0.25, 0.3) is 0 Å². The van der Waals surface area contributed by atoms with Gasteiger partial charge in [0, 0.05) is 43.9 Å². The zero-order valence-corrected chi connectivity index (χ0v) is 8.80. The first-order chi connectivity index (χ1) is 6.84. The smallest absolute Gasteiger partial charge is 0.0558 e. The Balaban J connectivity index is 1.95. The number of halogens is 1. The highest BCUT2D eigenvalue weighted by molar-refractivity contribution is 6.30. The molecule has 1 fully saturated rings. The van der Waals surface area contributed by atoms with Crippen LogP contribution in [-0.2, 0) is 6.54 Å². The number of nitrogens with zero attached hydrogens (tertiary/aromatic N) is 2. The maximum atomic E-state index is 5.89. The molecule has 0 bridgehead atoms. The number of rotatable bonds is 2. The highest BCUT2D eigenvalue weighted by Gasteiger charge is 2.10. The van der Waals surface area contributed by atoms with Crippen molar-refractivity contribution in [3.05, 3.63) is 29.0 Å². The maximum absolute atomic E-state index is 5.89. The van der Waals surface area contributed by atoms with Gasteiger partial charge in [0.15, 0.2) is 0 Å². The number of pyridine rings is 1. The van der Waals surface area contributed by atoms with Gasteiger partial charge in [-0.2, -0.15) is 0 Å². The molecule has 76 valence electrons. The average Bonchev–Trinajstić information content (AvgIpc) is 2.19. The van der Waals surface area contributed by atoms with Crippen LogP contribution in [0.1, 0.15) is 5.69 Å². The van der Waals surface area contributed by atoms with Gasteiger partial charge in [0.25, 0.3) is 0 Å². The summed E-state index contributed by atoms with van der Waals surface area (Å²) in [7, 11) is 0. The molecule has 1 aliphatic rings. The number of hydrogen-bond acceptors (Lipinski definition) is 3. The lowest BCUT2D eigenvalue weighted by Crippen LogP contribution is -2.43. The third-order valence-corrected chi connectivity index (χ3v) is 2.61. The highest BCUT2D eigenvalue weighted by atomic mass is 35.5. The molecule has 0 amide bonds. The predicted octanol–water partition coefficient (Wildman–Crippen LogP) is 1.14. The minimum atomic E-state index is 0.769. The Morgan fingerprint density at radius 2 is 2.21 bits per heavy atom. The van der Waals surface area contributed by atoms with Gasteiger partial charge in [0.05, 0.1) is 5.69 Å². The zero-order chi connectivity index (χ0) is 9.80. The van der Waals surface area contributed by atoms with E-state index in [9.17, 15) is 0 Å². The molecule has 1 aliphatic heterocycles. The van der Waals surface area contributed by atoms with Crippen LogP contribution in [0.4, 0.5) is 0 Å². The molecule has 1 N–H and O–H groups in total. The molecular formula is C10H14ClN3. The van der Waals surface area contributed by atoms with Crippen molar-refractivity contribution in [1.29, 1.82) is 0 Å². The SMILES string of the molecule is Clc1ccnc(CN2CCNCC2)c1. The second-order valence-corrected chi connectivity index (χ2v) is 3.93. The van der Waals surface area contributed by atoms with Crippen LogP contribution in [0, 0.1) is 0 Å². The summed E-state index contributed by atoms with van der Waals surface area (Å²) in [5.41, 5.74) is 1.06. The Morgan fingerprint density at radius 3 is 2.93 bits per heavy atom. The molecule has 2 rings (SSSR count). The first-order valence-corrected chi connectivity index (χ1v) is 5.26. The van der Waals surface area contributed by atoms with Gasteiger partial charge >= 0.3 is 0 Å². The summed E-state index contributed by atoms with van der Waals surface area (Å²) in [5.74, 6) is 0. The summed E-state index contributed by atoms with van der Waals surface area (Å²) in [6, 6.07) is 3.74. The fourth-order valence-corrected chi connectivity index (χ4v) is 1.82. The molecule has 0 spiro atoms. The number of piperazine rings is 1. The predicted molar refractivity (Wildman–Crippen MR) is 57.4 cm³/mol. The van der Waals surface area contributed by atoms with Gasteiger partial charge in [0.1, 0.15) is 0 Å². The standard InChI is InChI=1S/C10H14ClN3/c11-9-1-2-13-10(7-9)8-14-5-3-12-4-6-14/h1-2,7,12H,3-6,8H2. The third-order valence-electron chi connectivity index (χ3n) is 2.37. The summed E-state index contributed by atoms with van der Waals surface area (Å²) in [6.45, 7) is 5.23. The quantitative estimate of drug-likeness (QED) is 0.796. The molecular weight excluding hydrogens is 198 g/mol. The normalized spacial score (nSPS) is 18.4. The second-order valence-electron chi connectivity index (χ2n) is 3.49. The summed E-state index contributed by atoms with van der Waals surface area (Å²) in [6.07, 6.45) is 1.76. The Labute approximate surface area is 89.1 Å². The molecule has 0 aliphatic carbocycles. The molecule has 1 aromatic rings. The van der Waals surface area contributed by atoms with E-state index in [4.69, 9.17) is 11.6 Å². The monoisotopic (exact) mass is 211 g/mol. The maximum Gasteiger partial charge on any atom is 0.0558 e. The van der Waals surface area contributed by atoms with Crippen molar-refractivity contribution in [3.63, 3.8) is 0 Å². The molecule has 1 saturated heterocycles. The molecule has 0 unspecified atom stereocenters. The zero-order valence-electron chi connectivity index (χ0n) is 8.04. The van der Waals surface area contributed by atoms with E-state index in [0.29, 0.717) is 0 Å². The van der Waals surface area contributed by atoms with E-state index in [0.717, 1.165) is 43.4 Å². The molecule has 2 heterocycles. The number of nitrogens with one attached hydrogen (secondary N) is 1. The van der Waals surface area contributed by atoms with Crippen molar-refractivity contribution in [2.75, 3.05) is 26.2 Å². The van der Waals surface area contributed by atoms with Gasteiger partial charge < -0.3 is 5.32 Å². The van der Waals surface area contributed by atoms with Crippen molar-refractivity contribution in [2.24, 2.45) is 0 Å². The molecule has 4 heteroatoms. The van der Waals surface area contributed by atoms with Gasteiger partial charge in [-0.05, 0) is 12.1 Å². The van der Waals surface area contributed by atoms with Crippen molar-refractivity contribution in [2.45, 2.75) is 6.54 Å². The molecule has 3 nitrogen and oxygen atoms in total. The lowest BCUT2D eigenvalue weighted by Gasteiger charge is -2.26. The van der Waals surface area contributed by atoms with Gasteiger partial charge in [-0.15, -0.1) is 0 Å². The first-order valence-electron chi connectivity index (χ1n) is 4.88. The molecule has 0 aromatic carbocycles. The lowest BCUT2D eigenvalue weighted by molar-refractivity contribution is 0.231. The Morgan fingerprint density at radius 1 is 1.43 bits per heavy atom. The topological polar surface area (TPSA) is 28.2 Å². The van der Waals surface area contributed by atoms with E-state index in [1.165, 1.54) is 0 Å². The van der Waals surface area contributed by atoms with E-state index in [-0.39, 0.29) is 0 Å². The molecule has 14 heavy (non-hydrogen) atoms. The van der Waals surface area contributed by atoms with Crippen LogP contribution < -0.4 is 5.32 Å². The van der Waals surface area contributed by atoms with Crippen molar-refractivity contribution in [3.8, 4) is 0 Å². The summed E-state index contributed by atoms with van der Waals surface area (Å²) in [4.78, 5) is 6.67. The molecule has 0 atom stereocenters. The Kier molecular flexibility index (Phi) is 3.35. The third kappa shape index (κ3) is 2.67. The van der Waals surface area contributed by atoms with Crippen molar-refractivity contribution >= 4 is 11.6 Å². The van der Waals surface area contributed by atoms with Crippen LogP contribution in [0.2, 0.25) is 5.02 Å². The van der Waals surface area contributed by atoms with E-state index >= 15 is 0 Å². The van der Waals surface area contributed by atoms with Gasteiger partial charge in [0.2, 0.25) is 0 Å². The van der Waals surface area contributed by atoms with Crippen molar-refractivity contribution < 1.29 is 0 Å². The van der Waals surface area contributed by atoms with Crippen molar-refractivity contribution in [1.82, 2.24) is 15.2 Å². The summed E-state index contributed by atoms with van der Waals surface area (Å²) >= 11 is 5.89. The fourth-order valence-electron chi connectivity index (χ4n) is 1.63. The molecule has 0 radical (unpaired) electrons. The minimum absolute atomic E-state index is 0.769. The average molecular weight is 212 g/mol. The van der Waals surface area contributed by atoms with E-state index in [1.54, 1.807) is 6.20 Å². The second kappa shape index (κ2) is 4.73. The highest BCUT2D eigenvalue weighted by Crippen LogP contribution is 2.10. The van der Waals surface area contributed by atoms with E-state index in [1.807, 2.05) is 12.1 Å². The van der Waals surface area contributed by atoms with E-state index < -0.39 is 0 Å². The van der Waals surface area contributed by atoms with Crippen LogP contribution in [0.15, 0.2) is 18.3 Å². The van der Waals surface area contributed by atoms with Gasteiger partial charge in [-0.25, -0.2) is 0 Å². The number of aromatic nitrogens is 1. The summed E-state index contributed by atoms with van der Waals surface area (Å²) < 4.78 is 0. The fraction of sp³-hybridized carbons (Fsp3) is 0.500. The molecule has 1 aromatic heterocycles. The van der Waals surface area contributed by atoms with Crippen LogP contribution in [0.3, 0.4) is 0 Å². The lowest BCUT2D eigenvalue weighted by atomic mass is 10.3. The molecule has 0 saturated carbocycles. The van der Waals surface area contributed by atoms with Crippen LogP contribution in [-0.4, -0.2) is 36.1 Å². The van der Waals surface area contributed by atoms with Crippen LogP contribution >= 0.6 is 11.6 Å². The summed E-state index contributed by atoms with van der Waals surface area (Å²) in [5, 5.41) is 4.09. The Bertz CT molecular complexity index is 297. The minimum Gasteiger partial charge on any atom is -0.314 e. The first kappa shape index (κ1) is 9.90. The van der Waals surface area contributed by atoms with Gasteiger partial charge in [-0.3, -0.25) is 9.88 Å². The van der Waals surface area contributed by atoms with Crippen LogP contribution in [0.5, 0.6) is 0 Å². The van der Waals surface area contributed by atoms with Gasteiger partial charge in [-0.1, -0.05) is 11.6 Å². The Hall–Kier alpha value is -0.640. The number of hydrogen-bond donors (Lipinski definition) is 1. The largest absolute Gasteiger partial charge is 0.314 e. The van der Waals surface area contributed by atoms with E-state index in [2.05, 4.69) is 15.2 Å².